The molecular weight excluding hydrogens is 472 g/mol. The van der Waals surface area contributed by atoms with Crippen LogP contribution in [0.25, 0.3) is 33.1 Å². The molecule has 3 aromatic carbocycles. The SMILES string of the molecule is COc1ccc(-c2c(C)c3cc(OC(=O)c4cc5cc(Cl)ccc5o4)ccc3oc2=O)cc1OC. The summed E-state index contributed by atoms with van der Waals surface area (Å²) >= 11 is 6.01. The topological polar surface area (TPSA) is 88.1 Å². The van der Waals surface area contributed by atoms with E-state index in [9.17, 15) is 9.59 Å². The number of hydrogen-bond donors (Lipinski definition) is 0. The zero-order valence-corrected chi connectivity index (χ0v) is 19.8. The number of esters is 1. The lowest BCUT2D eigenvalue weighted by Crippen LogP contribution is -2.08. The second kappa shape index (κ2) is 8.85. The first-order valence-electron chi connectivity index (χ1n) is 10.6. The molecule has 0 N–H and O–H groups in total. The molecule has 176 valence electrons. The number of benzene rings is 3. The van der Waals surface area contributed by atoms with E-state index in [1.54, 1.807) is 67.6 Å². The molecule has 35 heavy (non-hydrogen) atoms. The molecule has 0 bridgehead atoms. The average molecular weight is 491 g/mol. The molecule has 2 heterocycles. The van der Waals surface area contributed by atoms with Gasteiger partial charge in [0.1, 0.15) is 16.9 Å². The van der Waals surface area contributed by atoms with Crippen LogP contribution in [0.3, 0.4) is 0 Å². The van der Waals surface area contributed by atoms with E-state index in [2.05, 4.69) is 0 Å². The fourth-order valence-corrected chi connectivity index (χ4v) is 4.17. The minimum Gasteiger partial charge on any atom is -0.493 e. The van der Waals surface area contributed by atoms with Gasteiger partial charge in [-0.2, -0.15) is 0 Å². The number of fused-ring (bicyclic) bond motifs is 2. The van der Waals surface area contributed by atoms with Crippen LogP contribution in [0.15, 0.2) is 74.3 Å². The Kier molecular flexibility index (Phi) is 5.70. The Morgan fingerprint density at radius 3 is 2.40 bits per heavy atom. The molecule has 5 rings (SSSR count). The summed E-state index contributed by atoms with van der Waals surface area (Å²) in [6.07, 6.45) is 0. The Morgan fingerprint density at radius 2 is 1.63 bits per heavy atom. The number of rotatable bonds is 5. The Labute approximate surface area is 204 Å². The van der Waals surface area contributed by atoms with Crippen molar-refractivity contribution in [3.8, 4) is 28.4 Å². The van der Waals surface area contributed by atoms with Crippen LogP contribution in [-0.2, 0) is 0 Å². The average Bonchev–Trinajstić information content (AvgIpc) is 3.28. The van der Waals surface area contributed by atoms with Gasteiger partial charge in [0.05, 0.1) is 19.8 Å². The second-order valence-corrected chi connectivity index (χ2v) is 8.24. The van der Waals surface area contributed by atoms with E-state index in [-0.39, 0.29) is 11.5 Å². The van der Waals surface area contributed by atoms with Crippen molar-refractivity contribution in [3.63, 3.8) is 0 Å². The molecule has 0 saturated heterocycles. The lowest BCUT2D eigenvalue weighted by Gasteiger charge is -2.12. The Hall–Kier alpha value is -4.23. The lowest BCUT2D eigenvalue weighted by molar-refractivity contribution is 0.0704. The predicted molar refractivity (Wildman–Crippen MR) is 132 cm³/mol. The molecule has 0 radical (unpaired) electrons. The van der Waals surface area contributed by atoms with Crippen LogP contribution in [0.1, 0.15) is 16.1 Å². The highest BCUT2D eigenvalue weighted by Crippen LogP contribution is 2.35. The minimum absolute atomic E-state index is 0.0460. The van der Waals surface area contributed by atoms with Crippen LogP contribution in [0.5, 0.6) is 17.2 Å². The van der Waals surface area contributed by atoms with E-state index in [1.165, 1.54) is 14.2 Å². The highest BCUT2D eigenvalue weighted by Gasteiger charge is 2.19. The van der Waals surface area contributed by atoms with E-state index in [0.717, 1.165) is 0 Å². The van der Waals surface area contributed by atoms with E-state index in [0.29, 0.717) is 55.2 Å². The van der Waals surface area contributed by atoms with Gasteiger partial charge >= 0.3 is 11.6 Å². The van der Waals surface area contributed by atoms with Gasteiger partial charge in [-0.05, 0) is 72.6 Å². The Morgan fingerprint density at radius 1 is 0.857 bits per heavy atom. The molecule has 0 fully saturated rings. The number of methoxy groups -OCH3 is 2. The molecule has 0 saturated carbocycles. The third-order valence-electron chi connectivity index (χ3n) is 5.70. The van der Waals surface area contributed by atoms with Crippen LogP contribution in [0, 0.1) is 6.92 Å². The van der Waals surface area contributed by atoms with Crippen molar-refractivity contribution in [1.82, 2.24) is 0 Å². The molecule has 2 aromatic heterocycles. The van der Waals surface area contributed by atoms with E-state index < -0.39 is 11.6 Å². The maximum absolute atomic E-state index is 12.8. The fourth-order valence-electron chi connectivity index (χ4n) is 3.99. The number of hydrogen-bond acceptors (Lipinski definition) is 7. The zero-order chi connectivity index (χ0) is 24.7. The van der Waals surface area contributed by atoms with Crippen molar-refractivity contribution in [2.45, 2.75) is 6.92 Å². The number of halogens is 1. The van der Waals surface area contributed by atoms with Crippen molar-refractivity contribution in [1.29, 1.82) is 0 Å². The van der Waals surface area contributed by atoms with Gasteiger partial charge in [-0.15, -0.1) is 0 Å². The molecule has 7 nitrogen and oxygen atoms in total. The number of carbonyl (C=O) groups excluding carboxylic acids is 1. The standard InChI is InChI=1S/C27H19ClO7/c1-14-19-13-18(33-26(29)24-12-16-10-17(28)5-8-20(16)34-24)6-9-21(19)35-27(30)25(14)15-4-7-22(31-2)23(11-15)32-3/h4-13H,1-3H3. The van der Waals surface area contributed by atoms with Crippen molar-refractivity contribution in [3.05, 3.63) is 87.4 Å². The van der Waals surface area contributed by atoms with E-state index in [4.69, 9.17) is 34.6 Å². The molecule has 0 spiro atoms. The van der Waals surface area contributed by atoms with Crippen LogP contribution in [-0.4, -0.2) is 20.2 Å². The summed E-state index contributed by atoms with van der Waals surface area (Å²) in [5.41, 5.74) is 2.05. The van der Waals surface area contributed by atoms with E-state index in [1.807, 2.05) is 0 Å². The summed E-state index contributed by atoms with van der Waals surface area (Å²) < 4.78 is 27.3. The molecule has 0 aliphatic rings. The lowest BCUT2D eigenvalue weighted by atomic mass is 9.99. The van der Waals surface area contributed by atoms with Gasteiger partial charge in [0, 0.05) is 15.8 Å². The summed E-state index contributed by atoms with van der Waals surface area (Å²) in [4.78, 5) is 25.5. The molecule has 0 aliphatic heterocycles. The molecule has 0 aliphatic carbocycles. The minimum atomic E-state index is -0.660. The summed E-state index contributed by atoms with van der Waals surface area (Å²) in [5.74, 6) is 0.688. The van der Waals surface area contributed by atoms with Crippen LogP contribution < -0.4 is 19.8 Å². The molecule has 0 amide bonds. The molecule has 8 heteroatoms. The summed E-state index contributed by atoms with van der Waals surface area (Å²) in [5, 5.41) is 1.85. The monoisotopic (exact) mass is 490 g/mol. The van der Waals surface area contributed by atoms with Crippen molar-refractivity contribution < 1.29 is 27.8 Å². The Balaban J connectivity index is 1.53. The molecule has 0 atom stereocenters. The van der Waals surface area contributed by atoms with Crippen molar-refractivity contribution in [2.75, 3.05) is 14.2 Å². The number of furan rings is 1. The van der Waals surface area contributed by atoms with Gasteiger partial charge < -0.3 is 23.0 Å². The van der Waals surface area contributed by atoms with E-state index >= 15 is 0 Å². The van der Waals surface area contributed by atoms with Gasteiger partial charge in [0.2, 0.25) is 5.76 Å². The molecule has 5 aromatic rings. The molecule has 0 unspecified atom stereocenters. The first-order valence-corrected chi connectivity index (χ1v) is 11.0. The van der Waals surface area contributed by atoms with Crippen LogP contribution in [0.4, 0.5) is 0 Å². The Bertz CT molecular complexity index is 1660. The number of aryl methyl sites for hydroxylation is 1. The largest absolute Gasteiger partial charge is 0.493 e. The van der Waals surface area contributed by atoms with Crippen molar-refractivity contribution in [2.24, 2.45) is 0 Å². The predicted octanol–water partition coefficient (Wildman–Crippen LogP) is 6.40. The summed E-state index contributed by atoms with van der Waals surface area (Å²) in [7, 11) is 3.06. The number of carbonyl (C=O) groups is 1. The number of ether oxygens (including phenoxy) is 3. The first kappa shape index (κ1) is 22.6. The maximum atomic E-state index is 12.8. The second-order valence-electron chi connectivity index (χ2n) is 7.80. The third-order valence-corrected chi connectivity index (χ3v) is 5.93. The third kappa shape index (κ3) is 4.11. The summed E-state index contributed by atoms with van der Waals surface area (Å²) in [6, 6.07) is 16.6. The van der Waals surface area contributed by atoms with Gasteiger partial charge in [0.15, 0.2) is 11.5 Å². The highest BCUT2D eigenvalue weighted by atomic mass is 35.5. The van der Waals surface area contributed by atoms with Gasteiger partial charge in [-0.1, -0.05) is 17.7 Å². The highest BCUT2D eigenvalue weighted by molar-refractivity contribution is 6.31. The van der Waals surface area contributed by atoms with Crippen LogP contribution in [0.2, 0.25) is 5.02 Å². The van der Waals surface area contributed by atoms with Gasteiger partial charge in [-0.25, -0.2) is 9.59 Å². The van der Waals surface area contributed by atoms with Gasteiger partial charge in [-0.3, -0.25) is 0 Å². The normalized spacial score (nSPS) is 11.1. The fraction of sp³-hybridized carbons (Fsp3) is 0.111. The van der Waals surface area contributed by atoms with Crippen LogP contribution >= 0.6 is 11.6 Å². The maximum Gasteiger partial charge on any atom is 0.379 e. The van der Waals surface area contributed by atoms with Crippen molar-refractivity contribution >= 4 is 39.5 Å². The molecular formula is C27H19ClO7. The quantitative estimate of drug-likeness (QED) is 0.160. The zero-order valence-electron chi connectivity index (χ0n) is 19.0. The van der Waals surface area contributed by atoms with Gasteiger partial charge in [0.25, 0.3) is 0 Å². The first-order chi connectivity index (χ1) is 16.9. The summed E-state index contributed by atoms with van der Waals surface area (Å²) in [6.45, 7) is 1.81. The smallest absolute Gasteiger partial charge is 0.379 e.